The van der Waals surface area contributed by atoms with Gasteiger partial charge in [0, 0.05) is 0 Å². The molecule has 0 aliphatic heterocycles. The number of nitrogens with zero attached hydrogens (tertiary/aromatic N) is 1. The molecule has 0 spiro atoms. The highest BCUT2D eigenvalue weighted by atomic mass is 28.3. The van der Waals surface area contributed by atoms with Gasteiger partial charge in [-0.1, -0.05) is 20.8 Å². The molecule has 0 fully saturated rings. The maximum Gasteiger partial charge on any atom is 0.223 e. The monoisotopic (exact) mass is 241 g/mol. The molecule has 0 N–H and O–H groups in total. The summed E-state index contributed by atoms with van der Waals surface area (Å²) in [5.74, 6) is 0.496. The number of hydrogen-bond donors (Lipinski definition) is 0. The summed E-state index contributed by atoms with van der Waals surface area (Å²) < 4.78 is 11.2. The topological polar surface area (TPSA) is 52.3 Å². The van der Waals surface area contributed by atoms with Gasteiger partial charge in [0.2, 0.25) is 5.89 Å². The predicted octanol–water partition coefficient (Wildman–Crippen LogP) is 2.57. The van der Waals surface area contributed by atoms with Gasteiger partial charge >= 0.3 is 0 Å². The molecular formula is C11H19NO3Si. The van der Waals surface area contributed by atoms with Crippen LogP contribution < -0.4 is 0 Å². The van der Waals surface area contributed by atoms with Crippen LogP contribution in [-0.4, -0.2) is 20.3 Å². The Hall–Kier alpha value is -0.943. The second kappa shape index (κ2) is 4.93. The average Bonchev–Trinajstić information content (AvgIpc) is 2.60. The van der Waals surface area contributed by atoms with E-state index in [0.717, 1.165) is 0 Å². The summed E-state index contributed by atoms with van der Waals surface area (Å²) in [6.45, 7) is 10.4. The Labute approximate surface area is 97.7 Å². The number of rotatable bonds is 4. The summed E-state index contributed by atoms with van der Waals surface area (Å²) >= 11 is 0. The molecule has 1 atom stereocenters. The smallest absolute Gasteiger partial charge is 0.223 e. The molecule has 1 heterocycles. The van der Waals surface area contributed by atoms with Crippen LogP contribution in [0.25, 0.3) is 0 Å². The van der Waals surface area contributed by atoms with Crippen LogP contribution in [0.4, 0.5) is 0 Å². The number of hydrogen-bond acceptors (Lipinski definition) is 4. The van der Waals surface area contributed by atoms with Gasteiger partial charge in [0.1, 0.15) is 18.1 Å². The molecule has 0 amide bonds. The van der Waals surface area contributed by atoms with E-state index in [0.29, 0.717) is 17.9 Å². The Morgan fingerprint density at radius 1 is 1.50 bits per heavy atom. The van der Waals surface area contributed by atoms with Crippen LogP contribution in [0.1, 0.15) is 43.3 Å². The van der Waals surface area contributed by atoms with Crippen molar-refractivity contribution in [2.45, 2.75) is 40.0 Å². The summed E-state index contributed by atoms with van der Waals surface area (Å²) in [4.78, 5) is 14.7. The zero-order chi connectivity index (χ0) is 12.3. The highest BCUT2D eigenvalue weighted by molar-refractivity contribution is 6.48. The largest absolute Gasteiger partial charge is 0.445 e. The highest BCUT2D eigenvalue weighted by Crippen LogP contribution is 2.35. The first-order valence-corrected chi connectivity index (χ1v) is 8.18. The van der Waals surface area contributed by atoms with E-state index in [1.54, 1.807) is 0 Å². The third-order valence-electron chi connectivity index (χ3n) is 2.08. The molecule has 1 aromatic heterocycles. The van der Waals surface area contributed by atoms with E-state index in [4.69, 9.17) is 8.84 Å². The maximum atomic E-state index is 10.6. The molecule has 1 rings (SSSR count). The molecule has 0 aliphatic rings. The lowest BCUT2D eigenvalue weighted by Gasteiger charge is -2.29. The van der Waals surface area contributed by atoms with Gasteiger partial charge in [-0.15, -0.1) is 0 Å². The van der Waals surface area contributed by atoms with Crippen molar-refractivity contribution in [2.24, 2.45) is 5.41 Å². The molecule has 4 nitrogen and oxygen atoms in total. The van der Waals surface area contributed by atoms with Gasteiger partial charge in [-0.3, -0.25) is 4.79 Å². The van der Waals surface area contributed by atoms with Gasteiger partial charge in [0.05, 0.1) is 0 Å². The number of carbonyl (C=O) groups excluding carboxylic acids is 1. The summed E-state index contributed by atoms with van der Waals surface area (Å²) in [5.41, 5.74) is 0.223. The fraction of sp³-hybridized carbons (Fsp3) is 0.636. The van der Waals surface area contributed by atoms with Crippen molar-refractivity contribution in [2.75, 3.05) is 0 Å². The van der Waals surface area contributed by atoms with E-state index in [1.165, 1.54) is 6.26 Å². The number of carbonyl (C=O) groups is 1. The van der Waals surface area contributed by atoms with E-state index in [2.05, 4.69) is 38.8 Å². The first-order chi connectivity index (χ1) is 7.34. The molecule has 1 aromatic rings. The fourth-order valence-electron chi connectivity index (χ4n) is 1.38. The van der Waals surface area contributed by atoms with Crippen molar-refractivity contribution in [1.82, 2.24) is 4.98 Å². The molecule has 90 valence electrons. The molecule has 0 aromatic carbocycles. The first-order valence-electron chi connectivity index (χ1n) is 5.40. The lowest BCUT2D eigenvalue weighted by atomic mass is 9.89. The second-order valence-electron chi connectivity index (χ2n) is 5.16. The van der Waals surface area contributed by atoms with Gasteiger partial charge in [-0.25, -0.2) is 4.98 Å². The minimum Gasteiger partial charge on any atom is -0.445 e. The van der Waals surface area contributed by atoms with E-state index < -0.39 is 9.04 Å². The van der Waals surface area contributed by atoms with Crippen molar-refractivity contribution < 1.29 is 13.6 Å². The van der Waals surface area contributed by atoms with Crippen LogP contribution in [-0.2, 0) is 4.43 Å². The second-order valence-corrected chi connectivity index (χ2v) is 7.53. The Bertz CT molecular complexity index is 354. The van der Waals surface area contributed by atoms with Crippen molar-refractivity contribution in [3.05, 3.63) is 17.8 Å². The summed E-state index contributed by atoms with van der Waals surface area (Å²) in [5, 5.41) is 0. The van der Waals surface area contributed by atoms with Crippen molar-refractivity contribution in [1.29, 1.82) is 0 Å². The quantitative estimate of drug-likeness (QED) is 0.600. The van der Waals surface area contributed by atoms with Crippen LogP contribution >= 0.6 is 0 Å². The van der Waals surface area contributed by atoms with Gasteiger partial charge in [0.25, 0.3) is 0 Å². The number of oxazole rings is 1. The molecule has 16 heavy (non-hydrogen) atoms. The highest BCUT2D eigenvalue weighted by Gasteiger charge is 2.31. The van der Waals surface area contributed by atoms with E-state index in [9.17, 15) is 4.79 Å². The van der Waals surface area contributed by atoms with Gasteiger partial charge in [0.15, 0.2) is 15.3 Å². The maximum absolute atomic E-state index is 10.6. The predicted molar refractivity (Wildman–Crippen MR) is 64.0 cm³/mol. The molecule has 5 heteroatoms. The summed E-state index contributed by atoms with van der Waals surface area (Å²) in [7, 11) is -1.19. The summed E-state index contributed by atoms with van der Waals surface area (Å²) in [6, 6.07) is 0. The average molecular weight is 241 g/mol. The van der Waals surface area contributed by atoms with Crippen LogP contribution in [0.2, 0.25) is 13.1 Å². The van der Waals surface area contributed by atoms with Crippen LogP contribution in [0, 0.1) is 5.41 Å². The van der Waals surface area contributed by atoms with Gasteiger partial charge in [-0.05, 0) is 18.5 Å². The molecule has 0 bridgehead atoms. The molecule has 1 unspecified atom stereocenters. The molecule has 0 saturated heterocycles. The molecule has 0 radical (unpaired) electrons. The zero-order valence-corrected chi connectivity index (χ0v) is 11.6. The molecular weight excluding hydrogens is 222 g/mol. The standard InChI is InChI=1S/C11H19NO3Si/c1-11(2,3)9(15-16(4)5)10-12-8(6-13)7-14-10/h6-7,9,16H,1-5H3. The van der Waals surface area contributed by atoms with E-state index in [1.807, 2.05) is 0 Å². The van der Waals surface area contributed by atoms with Gasteiger partial charge < -0.3 is 8.84 Å². The lowest BCUT2D eigenvalue weighted by molar-refractivity contribution is 0.0612. The lowest BCUT2D eigenvalue weighted by Crippen LogP contribution is -2.26. The Balaban J connectivity index is 2.96. The normalized spacial score (nSPS) is 14.1. The number of aromatic nitrogens is 1. The molecule has 0 saturated carbocycles. The number of aldehydes is 1. The third-order valence-corrected chi connectivity index (χ3v) is 2.90. The van der Waals surface area contributed by atoms with Crippen LogP contribution in [0.15, 0.2) is 10.7 Å². The minimum absolute atomic E-state index is 0.0950. The summed E-state index contributed by atoms with van der Waals surface area (Å²) in [6.07, 6.45) is 1.86. The Kier molecular flexibility index (Phi) is 4.04. The Morgan fingerprint density at radius 2 is 2.12 bits per heavy atom. The van der Waals surface area contributed by atoms with Crippen molar-refractivity contribution >= 4 is 15.3 Å². The van der Waals surface area contributed by atoms with Crippen LogP contribution in [0.5, 0.6) is 0 Å². The van der Waals surface area contributed by atoms with Crippen molar-refractivity contribution in [3.8, 4) is 0 Å². The van der Waals surface area contributed by atoms with E-state index >= 15 is 0 Å². The zero-order valence-electron chi connectivity index (χ0n) is 10.5. The Morgan fingerprint density at radius 3 is 2.50 bits per heavy atom. The van der Waals surface area contributed by atoms with E-state index in [-0.39, 0.29) is 11.5 Å². The fourth-order valence-corrected chi connectivity index (χ4v) is 2.45. The third kappa shape index (κ3) is 3.28. The minimum atomic E-state index is -1.19. The van der Waals surface area contributed by atoms with Crippen molar-refractivity contribution in [3.63, 3.8) is 0 Å². The van der Waals surface area contributed by atoms with Gasteiger partial charge in [-0.2, -0.15) is 0 Å². The SMILES string of the molecule is C[SiH](C)OC(c1nc(C=O)co1)C(C)(C)C. The molecule has 0 aliphatic carbocycles. The van der Waals surface area contributed by atoms with Crippen LogP contribution in [0.3, 0.4) is 0 Å². The first kappa shape index (κ1) is 13.1.